The van der Waals surface area contributed by atoms with Gasteiger partial charge in [-0.1, -0.05) is 28.1 Å². The smallest absolute Gasteiger partial charge is 0.0446 e. The summed E-state index contributed by atoms with van der Waals surface area (Å²) >= 11 is 3.49. The molecule has 1 rings (SSSR count). The summed E-state index contributed by atoms with van der Waals surface area (Å²) in [6.07, 6.45) is 0.742. The average Bonchev–Trinajstić information content (AvgIpc) is 2.30. The second kappa shape index (κ2) is 7.11. The fourth-order valence-corrected chi connectivity index (χ4v) is 2.05. The Bertz CT molecular complexity index is 357. The zero-order chi connectivity index (χ0) is 12.8. The van der Waals surface area contributed by atoms with Gasteiger partial charge in [0.2, 0.25) is 0 Å². The first kappa shape index (κ1) is 14.6. The molecule has 0 aliphatic heterocycles. The lowest BCUT2D eigenvalue weighted by Crippen LogP contribution is -2.35. The third kappa shape index (κ3) is 4.39. The van der Waals surface area contributed by atoms with Crippen molar-refractivity contribution in [3.05, 3.63) is 33.8 Å². The summed E-state index contributed by atoms with van der Waals surface area (Å²) in [7, 11) is 0. The van der Waals surface area contributed by atoms with Crippen LogP contribution in [-0.4, -0.2) is 24.3 Å². The summed E-state index contributed by atoms with van der Waals surface area (Å²) in [6.45, 7) is 4.88. The highest BCUT2D eigenvalue weighted by atomic mass is 79.9. The molecule has 4 heteroatoms. The van der Waals surface area contributed by atoms with E-state index in [0.717, 1.165) is 10.9 Å². The van der Waals surface area contributed by atoms with Crippen molar-refractivity contribution < 1.29 is 5.11 Å². The minimum atomic E-state index is 0.142. The Kier molecular flexibility index (Phi) is 6.12. The Morgan fingerprint density at radius 3 is 2.71 bits per heavy atom. The number of hydrogen-bond donors (Lipinski definition) is 3. The van der Waals surface area contributed by atoms with E-state index in [9.17, 15) is 0 Å². The molecule has 0 fully saturated rings. The Balaban J connectivity index is 2.75. The van der Waals surface area contributed by atoms with Crippen molar-refractivity contribution in [1.29, 1.82) is 0 Å². The number of aryl methyl sites for hydroxylation is 1. The fraction of sp³-hybridized carbons (Fsp3) is 0.538. The van der Waals surface area contributed by atoms with E-state index in [1.807, 2.05) is 6.07 Å². The SMILES string of the molecule is Cc1cc(C(CN)NC(C)CCO)ccc1Br. The quantitative estimate of drug-likeness (QED) is 0.754. The van der Waals surface area contributed by atoms with E-state index in [1.54, 1.807) is 0 Å². The van der Waals surface area contributed by atoms with Crippen LogP contribution >= 0.6 is 15.9 Å². The van der Waals surface area contributed by atoms with E-state index in [0.29, 0.717) is 6.54 Å². The molecule has 0 saturated heterocycles. The van der Waals surface area contributed by atoms with E-state index < -0.39 is 0 Å². The molecule has 0 aromatic heterocycles. The molecule has 0 aliphatic carbocycles. The highest BCUT2D eigenvalue weighted by Crippen LogP contribution is 2.21. The zero-order valence-electron chi connectivity index (χ0n) is 10.4. The first-order valence-corrected chi connectivity index (χ1v) is 6.70. The van der Waals surface area contributed by atoms with Crippen LogP contribution in [0.3, 0.4) is 0 Å². The Hall–Kier alpha value is -0.420. The van der Waals surface area contributed by atoms with Crippen LogP contribution in [0.5, 0.6) is 0 Å². The van der Waals surface area contributed by atoms with E-state index in [-0.39, 0.29) is 18.7 Å². The van der Waals surface area contributed by atoms with Crippen molar-refractivity contribution in [3.63, 3.8) is 0 Å². The highest BCUT2D eigenvalue weighted by molar-refractivity contribution is 9.10. The van der Waals surface area contributed by atoms with Gasteiger partial charge in [-0.2, -0.15) is 0 Å². The minimum absolute atomic E-state index is 0.142. The Morgan fingerprint density at radius 1 is 1.47 bits per heavy atom. The second-order valence-electron chi connectivity index (χ2n) is 4.38. The van der Waals surface area contributed by atoms with Crippen molar-refractivity contribution in [2.24, 2.45) is 5.73 Å². The molecule has 96 valence electrons. The molecule has 2 unspecified atom stereocenters. The zero-order valence-corrected chi connectivity index (χ0v) is 12.0. The number of nitrogens with two attached hydrogens (primary N) is 1. The van der Waals surface area contributed by atoms with Crippen LogP contribution in [0.4, 0.5) is 0 Å². The molecule has 0 radical (unpaired) electrons. The fourth-order valence-electron chi connectivity index (χ4n) is 1.81. The highest BCUT2D eigenvalue weighted by Gasteiger charge is 2.13. The summed E-state index contributed by atoms with van der Waals surface area (Å²) in [6, 6.07) is 6.67. The van der Waals surface area contributed by atoms with E-state index >= 15 is 0 Å². The van der Waals surface area contributed by atoms with Gasteiger partial charge in [0.1, 0.15) is 0 Å². The average molecular weight is 301 g/mol. The first-order chi connectivity index (χ1) is 8.08. The van der Waals surface area contributed by atoms with Crippen molar-refractivity contribution in [1.82, 2.24) is 5.32 Å². The van der Waals surface area contributed by atoms with Crippen LogP contribution in [0, 0.1) is 6.92 Å². The lowest BCUT2D eigenvalue weighted by Gasteiger charge is -2.22. The topological polar surface area (TPSA) is 58.3 Å². The molecule has 3 nitrogen and oxygen atoms in total. The van der Waals surface area contributed by atoms with Crippen LogP contribution in [0.1, 0.15) is 30.5 Å². The van der Waals surface area contributed by atoms with Gasteiger partial charge in [0.15, 0.2) is 0 Å². The van der Waals surface area contributed by atoms with E-state index in [4.69, 9.17) is 10.8 Å². The largest absolute Gasteiger partial charge is 0.396 e. The monoisotopic (exact) mass is 300 g/mol. The summed E-state index contributed by atoms with van der Waals surface area (Å²) < 4.78 is 1.11. The van der Waals surface area contributed by atoms with Crippen molar-refractivity contribution in [2.75, 3.05) is 13.2 Å². The lowest BCUT2D eigenvalue weighted by atomic mass is 10.0. The second-order valence-corrected chi connectivity index (χ2v) is 5.23. The normalized spacial score (nSPS) is 14.6. The molecule has 1 aromatic carbocycles. The maximum Gasteiger partial charge on any atom is 0.0446 e. The number of aliphatic hydroxyl groups is 1. The standard InChI is InChI=1S/C13H21BrN2O/c1-9-7-11(3-4-12(9)14)13(8-15)16-10(2)5-6-17/h3-4,7,10,13,16-17H,5-6,8,15H2,1-2H3. The molecule has 0 bridgehead atoms. The summed E-state index contributed by atoms with van der Waals surface area (Å²) in [5.41, 5.74) is 8.20. The van der Waals surface area contributed by atoms with E-state index in [2.05, 4.69) is 47.2 Å². The predicted molar refractivity (Wildman–Crippen MR) is 75.0 cm³/mol. The number of nitrogens with one attached hydrogen (secondary N) is 1. The molecule has 17 heavy (non-hydrogen) atoms. The molecule has 4 N–H and O–H groups in total. The van der Waals surface area contributed by atoms with Crippen molar-refractivity contribution >= 4 is 15.9 Å². The molecular weight excluding hydrogens is 280 g/mol. The van der Waals surface area contributed by atoms with Gasteiger partial charge in [-0.3, -0.25) is 0 Å². The molecule has 1 aromatic rings. The number of hydrogen-bond acceptors (Lipinski definition) is 3. The van der Waals surface area contributed by atoms with Gasteiger partial charge in [-0.25, -0.2) is 0 Å². The van der Waals surface area contributed by atoms with Crippen LogP contribution in [-0.2, 0) is 0 Å². The van der Waals surface area contributed by atoms with Gasteiger partial charge < -0.3 is 16.2 Å². The summed E-state index contributed by atoms with van der Waals surface area (Å²) in [4.78, 5) is 0. The van der Waals surface area contributed by atoms with Crippen LogP contribution in [0.25, 0.3) is 0 Å². The lowest BCUT2D eigenvalue weighted by molar-refractivity contribution is 0.263. The first-order valence-electron chi connectivity index (χ1n) is 5.91. The van der Waals surface area contributed by atoms with Gasteiger partial charge in [0, 0.05) is 29.7 Å². The molecule has 0 spiro atoms. The molecule has 0 aliphatic rings. The third-order valence-corrected chi connectivity index (χ3v) is 3.76. The Morgan fingerprint density at radius 2 is 2.18 bits per heavy atom. The third-order valence-electron chi connectivity index (χ3n) is 2.87. The maximum absolute atomic E-state index is 8.90. The number of halogens is 1. The molecule has 2 atom stereocenters. The van der Waals surface area contributed by atoms with Crippen LogP contribution in [0.2, 0.25) is 0 Å². The molecule has 0 amide bonds. The van der Waals surface area contributed by atoms with Gasteiger partial charge in [0.25, 0.3) is 0 Å². The number of rotatable bonds is 6. The molecule has 0 saturated carbocycles. The predicted octanol–water partition coefficient (Wildman–Crippen LogP) is 2.12. The van der Waals surface area contributed by atoms with Crippen molar-refractivity contribution in [3.8, 4) is 0 Å². The van der Waals surface area contributed by atoms with E-state index in [1.165, 1.54) is 11.1 Å². The van der Waals surface area contributed by atoms with Crippen LogP contribution in [0.15, 0.2) is 22.7 Å². The van der Waals surface area contributed by atoms with Crippen LogP contribution < -0.4 is 11.1 Å². The van der Waals surface area contributed by atoms with Gasteiger partial charge in [0.05, 0.1) is 0 Å². The molecule has 0 heterocycles. The summed E-state index contributed by atoms with van der Waals surface area (Å²) in [5.74, 6) is 0. The Labute approximate surface area is 112 Å². The number of benzene rings is 1. The van der Waals surface area contributed by atoms with Gasteiger partial charge in [-0.15, -0.1) is 0 Å². The van der Waals surface area contributed by atoms with Gasteiger partial charge >= 0.3 is 0 Å². The summed E-state index contributed by atoms with van der Waals surface area (Å²) in [5, 5.41) is 12.3. The minimum Gasteiger partial charge on any atom is -0.396 e. The number of aliphatic hydroxyl groups excluding tert-OH is 1. The van der Waals surface area contributed by atoms with Gasteiger partial charge in [-0.05, 0) is 37.5 Å². The van der Waals surface area contributed by atoms with Crippen molar-refractivity contribution in [2.45, 2.75) is 32.4 Å². The molecular formula is C13H21BrN2O. The maximum atomic E-state index is 8.90.